The maximum absolute atomic E-state index is 11.2. The molecule has 1 nitrogen and oxygen atoms in total. The molecule has 0 saturated heterocycles. The molecule has 5 heteroatoms. The number of allylic oxidation sites excluding steroid dienone is 2. The minimum absolute atomic E-state index is 0.185. The van der Waals surface area contributed by atoms with Crippen LogP contribution in [0.25, 0.3) is 0 Å². The van der Waals surface area contributed by atoms with Crippen molar-refractivity contribution in [3.05, 3.63) is 22.5 Å². The maximum Gasteiger partial charge on any atom is 0.211 e. The van der Waals surface area contributed by atoms with Gasteiger partial charge in [-0.05, 0) is 54.1 Å². The van der Waals surface area contributed by atoms with Crippen LogP contribution >= 0.6 is 47.0 Å². The summed E-state index contributed by atoms with van der Waals surface area (Å²) < 4.78 is 0. The van der Waals surface area contributed by atoms with Gasteiger partial charge in [0.1, 0.15) is 0 Å². The zero-order valence-corrected chi connectivity index (χ0v) is 14.0. The molecule has 1 aliphatic rings. The van der Waals surface area contributed by atoms with E-state index in [1.165, 1.54) is 41.2 Å². The molecule has 0 bridgehead atoms. The van der Waals surface area contributed by atoms with Crippen LogP contribution in [-0.2, 0) is 4.79 Å². The fourth-order valence-electron chi connectivity index (χ4n) is 1.37. The van der Waals surface area contributed by atoms with Crippen LogP contribution < -0.4 is 0 Å². The Kier molecular flexibility index (Phi) is 10.5. The summed E-state index contributed by atoms with van der Waals surface area (Å²) in [5, 5.41) is 3.70. The first-order valence-electron chi connectivity index (χ1n) is 6.13. The molecule has 0 fully saturated rings. The Balaban J connectivity index is 1.82. The average molecular weight is 321 g/mol. The molecule has 0 atom stereocenters. The Morgan fingerprint density at radius 3 is 2.94 bits per heavy atom. The van der Waals surface area contributed by atoms with Crippen molar-refractivity contribution in [2.24, 2.45) is 0 Å². The largest absolute Gasteiger partial charge is 0.282 e. The number of thioether (sulfide) groups is 4. The van der Waals surface area contributed by atoms with Crippen LogP contribution in [-0.4, -0.2) is 27.5 Å². The molecule has 0 radical (unpaired) electrons. The highest BCUT2D eigenvalue weighted by Gasteiger charge is 2.04. The van der Waals surface area contributed by atoms with Gasteiger partial charge in [0, 0.05) is 10.8 Å². The van der Waals surface area contributed by atoms with Crippen LogP contribution in [0.3, 0.4) is 0 Å². The second-order valence-corrected chi connectivity index (χ2v) is 8.40. The van der Waals surface area contributed by atoms with Crippen molar-refractivity contribution in [1.82, 2.24) is 0 Å². The smallest absolute Gasteiger partial charge is 0.211 e. The Morgan fingerprint density at radius 2 is 2.22 bits per heavy atom. The number of rotatable bonds is 9. The fourth-order valence-corrected chi connectivity index (χ4v) is 5.39. The Hall–Kier alpha value is 0.550. The van der Waals surface area contributed by atoms with Crippen molar-refractivity contribution in [1.29, 1.82) is 0 Å². The van der Waals surface area contributed by atoms with Crippen LogP contribution in [0.5, 0.6) is 0 Å². The molecule has 0 aromatic carbocycles. The van der Waals surface area contributed by atoms with Gasteiger partial charge >= 0.3 is 0 Å². The van der Waals surface area contributed by atoms with Crippen molar-refractivity contribution in [2.45, 2.75) is 26.2 Å². The van der Waals surface area contributed by atoms with E-state index in [0.717, 1.165) is 12.2 Å². The third kappa shape index (κ3) is 8.62. The van der Waals surface area contributed by atoms with E-state index in [4.69, 9.17) is 0 Å². The molecule has 0 aromatic rings. The summed E-state index contributed by atoms with van der Waals surface area (Å²) in [6.07, 6.45) is 7.11. The minimum atomic E-state index is 0.185. The highest BCUT2D eigenvalue weighted by Crippen LogP contribution is 2.34. The van der Waals surface area contributed by atoms with E-state index in [1.807, 2.05) is 42.2 Å². The lowest BCUT2D eigenvalue weighted by Crippen LogP contribution is -1.91. The van der Waals surface area contributed by atoms with E-state index in [2.05, 4.69) is 5.41 Å². The zero-order chi connectivity index (χ0) is 13.1. The molecular formula is C13H20OS4. The quantitative estimate of drug-likeness (QED) is 0.437. The lowest BCUT2D eigenvalue weighted by molar-refractivity contribution is -0.107. The Labute approximate surface area is 127 Å². The second-order valence-electron chi connectivity index (χ2n) is 3.75. The Morgan fingerprint density at radius 1 is 1.39 bits per heavy atom. The Bertz CT molecular complexity index is 299. The number of carbonyl (C=O) groups excluding carboxylic acids is 1. The van der Waals surface area contributed by atoms with E-state index < -0.39 is 0 Å². The number of hydrogen-bond donors (Lipinski definition) is 0. The lowest BCUT2D eigenvalue weighted by Gasteiger charge is -2.02. The van der Waals surface area contributed by atoms with Crippen molar-refractivity contribution in [3.8, 4) is 0 Å². The van der Waals surface area contributed by atoms with Gasteiger partial charge in [0.05, 0.1) is 0 Å². The van der Waals surface area contributed by atoms with E-state index >= 15 is 0 Å². The summed E-state index contributed by atoms with van der Waals surface area (Å²) in [7, 11) is 0. The van der Waals surface area contributed by atoms with Gasteiger partial charge in [-0.25, -0.2) is 0 Å². The van der Waals surface area contributed by atoms with E-state index in [1.54, 1.807) is 17.1 Å². The third-order valence-corrected chi connectivity index (χ3v) is 6.60. The molecular weight excluding hydrogens is 300 g/mol. The summed E-state index contributed by atoms with van der Waals surface area (Å²) in [5.74, 6) is 3.38. The number of carbonyl (C=O) groups is 1. The topological polar surface area (TPSA) is 17.1 Å². The summed E-state index contributed by atoms with van der Waals surface area (Å²) in [5.41, 5.74) is 0. The SMILES string of the molecule is CC=CC(=O)SCCCSCCCC1=CSCS1. The van der Waals surface area contributed by atoms with Gasteiger partial charge in [-0.1, -0.05) is 17.8 Å². The second kappa shape index (κ2) is 11.4. The van der Waals surface area contributed by atoms with E-state index in [9.17, 15) is 4.79 Å². The molecule has 0 saturated carbocycles. The highest BCUT2D eigenvalue weighted by atomic mass is 32.2. The monoisotopic (exact) mass is 320 g/mol. The molecule has 0 aliphatic carbocycles. The molecule has 0 amide bonds. The van der Waals surface area contributed by atoms with Crippen LogP contribution in [0.4, 0.5) is 0 Å². The minimum Gasteiger partial charge on any atom is -0.282 e. The molecule has 1 rings (SSSR count). The summed E-state index contributed by atoms with van der Waals surface area (Å²) in [6.45, 7) is 1.88. The average Bonchev–Trinajstić information content (AvgIpc) is 2.86. The summed E-state index contributed by atoms with van der Waals surface area (Å²) in [6, 6.07) is 0. The predicted octanol–water partition coefficient (Wildman–Crippen LogP) is 5.00. The van der Waals surface area contributed by atoms with Crippen LogP contribution in [0, 0.1) is 0 Å². The van der Waals surface area contributed by atoms with Gasteiger partial charge < -0.3 is 0 Å². The van der Waals surface area contributed by atoms with Crippen LogP contribution in [0.1, 0.15) is 26.2 Å². The van der Waals surface area contributed by atoms with Gasteiger partial charge in [0.25, 0.3) is 0 Å². The molecule has 0 N–H and O–H groups in total. The van der Waals surface area contributed by atoms with Crippen molar-refractivity contribution >= 4 is 52.2 Å². The van der Waals surface area contributed by atoms with Crippen molar-refractivity contribution in [2.75, 3.05) is 22.3 Å². The third-order valence-electron chi connectivity index (χ3n) is 2.22. The van der Waals surface area contributed by atoms with Crippen molar-refractivity contribution in [3.63, 3.8) is 0 Å². The van der Waals surface area contributed by atoms with Gasteiger partial charge in [-0.3, -0.25) is 4.79 Å². The zero-order valence-electron chi connectivity index (χ0n) is 10.7. The first kappa shape index (κ1) is 16.6. The van der Waals surface area contributed by atoms with Crippen LogP contribution in [0.2, 0.25) is 0 Å². The van der Waals surface area contributed by atoms with Crippen molar-refractivity contribution < 1.29 is 4.79 Å². The van der Waals surface area contributed by atoms with E-state index in [-0.39, 0.29) is 5.12 Å². The first-order chi connectivity index (χ1) is 8.83. The summed E-state index contributed by atoms with van der Waals surface area (Å²) >= 11 is 7.35. The van der Waals surface area contributed by atoms with Gasteiger partial charge in [0.15, 0.2) is 0 Å². The normalized spacial score (nSPS) is 15.3. The highest BCUT2D eigenvalue weighted by molar-refractivity contribution is 8.22. The summed E-state index contributed by atoms with van der Waals surface area (Å²) in [4.78, 5) is 12.7. The molecule has 0 unspecified atom stereocenters. The van der Waals surface area contributed by atoms with Gasteiger partial charge in [0.2, 0.25) is 5.12 Å². The molecule has 0 spiro atoms. The fraction of sp³-hybridized carbons (Fsp3) is 0.615. The predicted molar refractivity (Wildman–Crippen MR) is 91.6 cm³/mol. The van der Waals surface area contributed by atoms with E-state index in [0.29, 0.717) is 0 Å². The van der Waals surface area contributed by atoms with Gasteiger partial charge in [-0.15, -0.1) is 23.5 Å². The maximum atomic E-state index is 11.2. The standard InChI is InChI=1S/C13H20OS4/c1-2-5-13(14)17-9-4-8-15-7-3-6-12-10-16-11-18-12/h2,5,10H,3-4,6-9,11H2,1H3. The lowest BCUT2D eigenvalue weighted by atomic mass is 10.3. The van der Waals surface area contributed by atoms with Crippen LogP contribution in [0.15, 0.2) is 22.5 Å². The number of hydrogen-bond acceptors (Lipinski definition) is 5. The molecule has 18 heavy (non-hydrogen) atoms. The molecule has 0 aromatic heterocycles. The van der Waals surface area contributed by atoms with Gasteiger partial charge in [-0.2, -0.15) is 11.8 Å². The molecule has 1 aliphatic heterocycles. The molecule has 1 heterocycles. The first-order valence-corrected chi connectivity index (χ1v) is 10.3. The molecule has 102 valence electrons.